The van der Waals surface area contributed by atoms with Crippen LogP contribution in [0.25, 0.3) is 11.0 Å². The monoisotopic (exact) mass is 449 g/mol. The Balaban J connectivity index is 1.45. The van der Waals surface area contributed by atoms with Gasteiger partial charge >= 0.3 is 0 Å². The second kappa shape index (κ2) is 10.1. The molecular formula is C25H31N5O3. The van der Waals surface area contributed by atoms with Crippen molar-refractivity contribution in [1.82, 2.24) is 14.9 Å². The number of nitrogens with zero attached hydrogens (tertiary/aromatic N) is 4. The number of aromatic nitrogens is 2. The lowest BCUT2D eigenvalue weighted by atomic mass is 9.91. The number of benzene rings is 1. The fourth-order valence-electron chi connectivity index (χ4n) is 4.39. The highest BCUT2D eigenvalue weighted by Gasteiger charge is 2.36. The first kappa shape index (κ1) is 22.9. The first-order valence-corrected chi connectivity index (χ1v) is 11.3. The van der Waals surface area contributed by atoms with Crippen LogP contribution in [0.3, 0.4) is 0 Å². The van der Waals surface area contributed by atoms with E-state index in [4.69, 9.17) is 10.5 Å². The number of pyridine rings is 2. The quantitative estimate of drug-likeness (QED) is 0.509. The van der Waals surface area contributed by atoms with Gasteiger partial charge in [-0.15, -0.1) is 0 Å². The molecule has 1 aromatic carbocycles. The lowest BCUT2D eigenvalue weighted by molar-refractivity contribution is 0.0000577. The Bertz CT molecular complexity index is 1100. The number of anilines is 1. The molecule has 3 aromatic rings. The van der Waals surface area contributed by atoms with Crippen LogP contribution in [0.5, 0.6) is 5.75 Å². The molecule has 1 atom stereocenters. The molecule has 1 aliphatic heterocycles. The number of fused-ring (bicyclic) bond motifs is 1. The molecule has 4 rings (SSSR count). The van der Waals surface area contributed by atoms with Gasteiger partial charge in [0.15, 0.2) is 0 Å². The third kappa shape index (κ3) is 5.40. The Morgan fingerprint density at radius 1 is 1.24 bits per heavy atom. The number of carbonyl (C=O) groups excluding carboxylic acids is 1. The van der Waals surface area contributed by atoms with E-state index in [0.717, 1.165) is 36.1 Å². The minimum atomic E-state index is -1.03. The van der Waals surface area contributed by atoms with Gasteiger partial charge in [-0.3, -0.25) is 14.8 Å². The zero-order chi connectivity index (χ0) is 23.3. The standard InChI is InChI=1S/C25H31N5O3/c1-29(24(31)19-6-2-7-20(16-19)33-15-5-11-26)17-25(32)10-4-14-30(18-25)22-9-13-27-21-8-3-12-28-23(21)22/h2-3,6-9,12-13,16,32H,4-5,10-11,14-15,17-18,26H2,1H3/t25-/m1/s1. The van der Waals surface area contributed by atoms with Crippen molar-refractivity contribution in [1.29, 1.82) is 0 Å². The molecule has 0 spiro atoms. The highest BCUT2D eigenvalue weighted by molar-refractivity contribution is 5.94. The molecule has 0 saturated carbocycles. The summed E-state index contributed by atoms with van der Waals surface area (Å²) in [5.74, 6) is 0.489. The summed E-state index contributed by atoms with van der Waals surface area (Å²) in [5.41, 5.74) is 7.61. The molecule has 0 aliphatic carbocycles. The number of amides is 1. The Labute approximate surface area is 194 Å². The van der Waals surface area contributed by atoms with Crippen LogP contribution in [0.15, 0.2) is 54.9 Å². The zero-order valence-electron chi connectivity index (χ0n) is 19.0. The van der Waals surface area contributed by atoms with Crippen molar-refractivity contribution in [3.63, 3.8) is 0 Å². The van der Waals surface area contributed by atoms with E-state index in [1.54, 1.807) is 42.5 Å². The minimum absolute atomic E-state index is 0.152. The number of hydrogen-bond acceptors (Lipinski definition) is 7. The summed E-state index contributed by atoms with van der Waals surface area (Å²) in [6, 6.07) is 12.9. The predicted molar refractivity (Wildman–Crippen MR) is 129 cm³/mol. The molecule has 1 amide bonds. The highest BCUT2D eigenvalue weighted by atomic mass is 16.5. The maximum absolute atomic E-state index is 13.1. The lowest BCUT2D eigenvalue weighted by Gasteiger charge is -2.42. The summed E-state index contributed by atoms with van der Waals surface area (Å²) in [6.07, 6.45) is 5.72. The summed E-state index contributed by atoms with van der Waals surface area (Å²) < 4.78 is 5.67. The van der Waals surface area contributed by atoms with Gasteiger partial charge in [-0.2, -0.15) is 0 Å². The van der Waals surface area contributed by atoms with E-state index in [2.05, 4.69) is 14.9 Å². The van der Waals surface area contributed by atoms with E-state index in [-0.39, 0.29) is 12.5 Å². The van der Waals surface area contributed by atoms with Gasteiger partial charge in [0, 0.05) is 38.1 Å². The Kier molecular flexibility index (Phi) is 7.05. The zero-order valence-corrected chi connectivity index (χ0v) is 19.0. The van der Waals surface area contributed by atoms with Crippen LogP contribution in [-0.4, -0.2) is 71.3 Å². The first-order valence-electron chi connectivity index (χ1n) is 11.3. The molecular weight excluding hydrogens is 418 g/mol. The number of β-amino-alcohol motifs (C(OH)–C–C–N with tert-alkyl or cyclic N) is 1. The number of carbonyl (C=O) groups is 1. The van der Waals surface area contributed by atoms with Gasteiger partial charge in [0.25, 0.3) is 5.91 Å². The average Bonchev–Trinajstić information content (AvgIpc) is 2.83. The fraction of sp³-hybridized carbons (Fsp3) is 0.400. The van der Waals surface area contributed by atoms with Gasteiger partial charge in [0.1, 0.15) is 11.3 Å². The smallest absolute Gasteiger partial charge is 0.253 e. The van der Waals surface area contributed by atoms with Crippen LogP contribution in [0.2, 0.25) is 0 Å². The molecule has 8 heteroatoms. The lowest BCUT2D eigenvalue weighted by Crippen LogP contribution is -2.54. The minimum Gasteiger partial charge on any atom is -0.494 e. The van der Waals surface area contributed by atoms with Gasteiger partial charge in [-0.25, -0.2) is 0 Å². The van der Waals surface area contributed by atoms with E-state index in [1.807, 2.05) is 24.3 Å². The predicted octanol–water partition coefficient (Wildman–Crippen LogP) is 2.46. The first-order chi connectivity index (χ1) is 16.0. The van der Waals surface area contributed by atoms with Crippen LogP contribution in [0, 0.1) is 0 Å². The SMILES string of the molecule is CN(C[C@]1(O)CCCN(c2ccnc3cccnc23)C1)C(=O)c1cccc(OCCCN)c1. The van der Waals surface area contributed by atoms with Crippen molar-refractivity contribution in [2.24, 2.45) is 5.73 Å². The van der Waals surface area contributed by atoms with Crippen molar-refractivity contribution in [3.05, 3.63) is 60.4 Å². The number of rotatable bonds is 8. The van der Waals surface area contributed by atoms with Crippen LogP contribution < -0.4 is 15.4 Å². The molecule has 3 N–H and O–H groups in total. The molecule has 1 fully saturated rings. The summed E-state index contributed by atoms with van der Waals surface area (Å²) >= 11 is 0. The van der Waals surface area contributed by atoms with Crippen molar-refractivity contribution in [2.45, 2.75) is 24.9 Å². The number of hydrogen-bond donors (Lipinski definition) is 2. The number of aliphatic hydroxyl groups is 1. The Hall–Kier alpha value is -3.23. The number of ether oxygens (including phenoxy) is 1. The molecule has 1 saturated heterocycles. The molecule has 0 unspecified atom stereocenters. The summed E-state index contributed by atoms with van der Waals surface area (Å²) in [6.45, 7) is 2.54. The van der Waals surface area contributed by atoms with E-state index >= 15 is 0 Å². The van der Waals surface area contributed by atoms with Crippen molar-refractivity contribution in [2.75, 3.05) is 44.7 Å². The number of nitrogens with two attached hydrogens (primary N) is 1. The van der Waals surface area contributed by atoms with Gasteiger partial charge in [-0.05, 0) is 62.2 Å². The van der Waals surface area contributed by atoms with Crippen LogP contribution in [-0.2, 0) is 0 Å². The third-order valence-corrected chi connectivity index (χ3v) is 5.95. The second-order valence-corrected chi connectivity index (χ2v) is 8.63. The summed E-state index contributed by atoms with van der Waals surface area (Å²) in [7, 11) is 1.73. The van der Waals surface area contributed by atoms with Gasteiger partial charge in [0.2, 0.25) is 0 Å². The highest BCUT2D eigenvalue weighted by Crippen LogP contribution is 2.30. The molecule has 8 nitrogen and oxygen atoms in total. The van der Waals surface area contributed by atoms with Gasteiger partial charge in [-0.1, -0.05) is 6.07 Å². The third-order valence-electron chi connectivity index (χ3n) is 5.95. The van der Waals surface area contributed by atoms with Crippen LogP contribution in [0.1, 0.15) is 29.6 Å². The summed E-state index contributed by atoms with van der Waals surface area (Å²) in [4.78, 5) is 25.7. The van der Waals surface area contributed by atoms with Crippen LogP contribution >= 0.6 is 0 Å². The molecule has 33 heavy (non-hydrogen) atoms. The van der Waals surface area contributed by atoms with E-state index < -0.39 is 5.60 Å². The normalized spacial score (nSPS) is 18.3. The topological polar surface area (TPSA) is 105 Å². The van der Waals surface area contributed by atoms with E-state index in [1.165, 1.54) is 0 Å². The van der Waals surface area contributed by atoms with E-state index in [9.17, 15) is 9.90 Å². The number of likely N-dealkylation sites (N-methyl/N-ethyl adjacent to an activating group) is 1. The number of piperidine rings is 1. The largest absolute Gasteiger partial charge is 0.494 e. The molecule has 174 valence electrons. The maximum atomic E-state index is 13.1. The van der Waals surface area contributed by atoms with Crippen LogP contribution in [0.4, 0.5) is 5.69 Å². The molecule has 3 heterocycles. The average molecular weight is 450 g/mol. The summed E-state index contributed by atoms with van der Waals surface area (Å²) in [5, 5.41) is 11.4. The van der Waals surface area contributed by atoms with Gasteiger partial charge in [0.05, 0.1) is 30.0 Å². The Morgan fingerprint density at radius 2 is 2.12 bits per heavy atom. The molecule has 1 aliphatic rings. The maximum Gasteiger partial charge on any atom is 0.253 e. The second-order valence-electron chi connectivity index (χ2n) is 8.63. The fourth-order valence-corrected chi connectivity index (χ4v) is 4.39. The van der Waals surface area contributed by atoms with Gasteiger partial charge < -0.3 is 25.4 Å². The molecule has 2 aromatic heterocycles. The van der Waals surface area contributed by atoms with E-state index in [0.29, 0.717) is 37.4 Å². The molecule has 0 bridgehead atoms. The van der Waals surface area contributed by atoms with Crippen molar-refractivity contribution < 1.29 is 14.6 Å². The van der Waals surface area contributed by atoms with Crippen molar-refractivity contribution in [3.8, 4) is 5.75 Å². The Morgan fingerprint density at radius 3 is 2.97 bits per heavy atom. The molecule has 0 radical (unpaired) electrons. The van der Waals surface area contributed by atoms with Crippen molar-refractivity contribution >= 4 is 22.6 Å².